The molecule has 0 saturated heterocycles. The first-order valence-corrected chi connectivity index (χ1v) is 11.8. The fourth-order valence-electron chi connectivity index (χ4n) is 4.47. The third-order valence-electron chi connectivity index (χ3n) is 5.66. The summed E-state index contributed by atoms with van der Waals surface area (Å²) in [6.45, 7) is 0. The van der Waals surface area contributed by atoms with E-state index in [9.17, 15) is 0 Å². The Labute approximate surface area is 172 Å². The van der Waals surface area contributed by atoms with Gasteiger partial charge in [0.1, 0.15) is 0 Å². The minimum absolute atomic E-state index is 1.03. The van der Waals surface area contributed by atoms with Crippen LogP contribution in [0.3, 0.4) is 0 Å². The van der Waals surface area contributed by atoms with Gasteiger partial charge in [-0.3, -0.25) is 0 Å². The van der Waals surface area contributed by atoms with Crippen molar-refractivity contribution in [3.8, 4) is 0 Å². The van der Waals surface area contributed by atoms with Crippen LogP contribution in [0.2, 0.25) is 0 Å². The molecule has 0 radical (unpaired) electrons. The van der Waals surface area contributed by atoms with Gasteiger partial charge in [0, 0.05) is 22.7 Å². The highest BCUT2D eigenvalue weighted by molar-refractivity contribution is 8.79. The van der Waals surface area contributed by atoms with Gasteiger partial charge in [-0.2, -0.15) is 0 Å². The van der Waals surface area contributed by atoms with Crippen LogP contribution >= 0.6 is 21.6 Å². The van der Waals surface area contributed by atoms with Gasteiger partial charge < -0.3 is 0 Å². The molecule has 2 aliphatic rings. The Bertz CT molecular complexity index is 1200. The zero-order valence-corrected chi connectivity index (χ0v) is 16.9. The lowest BCUT2D eigenvalue weighted by Crippen LogP contribution is -1.98. The molecule has 0 bridgehead atoms. The summed E-state index contributed by atoms with van der Waals surface area (Å²) >= 11 is 0. The Morgan fingerprint density at radius 1 is 0.500 bits per heavy atom. The highest BCUT2D eigenvalue weighted by Crippen LogP contribution is 2.46. The predicted octanol–water partition coefficient (Wildman–Crippen LogP) is 7.87. The lowest BCUT2D eigenvalue weighted by molar-refractivity contribution is 1.27. The lowest BCUT2D eigenvalue weighted by atomic mass is 9.93. The monoisotopic (exact) mass is 394 g/mol. The highest BCUT2D eigenvalue weighted by Gasteiger charge is 2.17. The minimum atomic E-state index is 1.03. The normalized spacial score (nSPS) is 14.9. The van der Waals surface area contributed by atoms with E-state index in [4.69, 9.17) is 0 Å². The second kappa shape index (κ2) is 6.58. The van der Waals surface area contributed by atoms with Crippen LogP contribution in [0.5, 0.6) is 0 Å². The van der Waals surface area contributed by atoms with Crippen LogP contribution in [0.25, 0.3) is 33.7 Å². The van der Waals surface area contributed by atoms with Gasteiger partial charge in [-0.25, -0.2) is 0 Å². The minimum Gasteiger partial charge on any atom is -0.0613 e. The fraction of sp³-hybridized carbons (Fsp3) is 0.0769. The Morgan fingerprint density at radius 2 is 0.929 bits per heavy atom. The van der Waals surface area contributed by atoms with E-state index in [1.54, 1.807) is 0 Å². The van der Waals surface area contributed by atoms with Gasteiger partial charge >= 0.3 is 0 Å². The Hall–Kier alpha value is -2.42. The zero-order chi connectivity index (χ0) is 18.5. The molecule has 0 saturated carbocycles. The van der Waals surface area contributed by atoms with E-state index in [2.05, 4.69) is 84.9 Å². The molecule has 6 rings (SSSR count). The first-order chi connectivity index (χ1) is 13.8. The summed E-state index contributed by atoms with van der Waals surface area (Å²) in [5, 5.41) is 5.55. The van der Waals surface area contributed by atoms with Gasteiger partial charge in [0.05, 0.1) is 0 Å². The highest BCUT2D eigenvalue weighted by atomic mass is 33.1. The molecule has 0 heterocycles. The first-order valence-electron chi connectivity index (χ1n) is 9.62. The van der Waals surface area contributed by atoms with Crippen molar-refractivity contribution in [2.24, 2.45) is 0 Å². The van der Waals surface area contributed by atoms with Crippen LogP contribution in [0.15, 0.2) is 82.6 Å². The number of benzene rings is 4. The molecule has 0 nitrogen and oxygen atoms in total. The number of rotatable bonds is 3. The summed E-state index contributed by atoms with van der Waals surface area (Å²) in [5.74, 6) is 0. The van der Waals surface area contributed by atoms with Crippen molar-refractivity contribution in [2.45, 2.75) is 12.8 Å². The molecule has 2 aliphatic carbocycles. The van der Waals surface area contributed by atoms with Crippen molar-refractivity contribution < 1.29 is 0 Å². The van der Waals surface area contributed by atoms with E-state index in [0.717, 1.165) is 12.8 Å². The molecule has 0 spiro atoms. The maximum Gasteiger partial charge on any atom is 0.00496 e. The number of hydrogen-bond acceptors (Lipinski definition) is 2. The summed E-state index contributed by atoms with van der Waals surface area (Å²) in [6.07, 6.45) is 6.83. The smallest absolute Gasteiger partial charge is 0.00496 e. The summed E-state index contributed by atoms with van der Waals surface area (Å²) in [5.41, 5.74) is 5.61. The fourth-order valence-corrected chi connectivity index (χ4v) is 6.75. The standard InChI is InChI=1S/C26H18S2/c1-5-17-6-2-10-20-14-23(13-19(9-1)25(17)20)27-28-24-15-21-11-3-7-18-8-4-12-22(16-24)26(18)21/h1-13,15H,14,16H2. The van der Waals surface area contributed by atoms with E-state index >= 15 is 0 Å². The van der Waals surface area contributed by atoms with Crippen molar-refractivity contribution in [1.29, 1.82) is 0 Å². The average molecular weight is 395 g/mol. The molecule has 0 unspecified atom stereocenters. The largest absolute Gasteiger partial charge is 0.0613 e. The van der Waals surface area contributed by atoms with E-state index in [0.29, 0.717) is 0 Å². The van der Waals surface area contributed by atoms with Gasteiger partial charge in [-0.15, -0.1) is 0 Å². The summed E-state index contributed by atoms with van der Waals surface area (Å²) in [7, 11) is 3.85. The molecule has 4 aromatic carbocycles. The van der Waals surface area contributed by atoms with Crippen molar-refractivity contribution in [3.63, 3.8) is 0 Å². The molecule has 2 heteroatoms. The van der Waals surface area contributed by atoms with E-state index in [-0.39, 0.29) is 0 Å². The molecule has 134 valence electrons. The molecule has 0 fully saturated rings. The Kier molecular flexibility index (Phi) is 3.88. The number of allylic oxidation sites excluding steroid dienone is 2. The maximum absolute atomic E-state index is 2.38. The molecule has 0 atom stereocenters. The van der Waals surface area contributed by atoms with E-state index in [1.807, 2.05) is 21.6 Å². The Balaban J connectivity index is 1.30. The van der Waals surface area contributed by atoms with E-state index in [1.165, 1.54) is 53.6 Å². The van der Waals surface area contributed by atoms with Crippen molar-refractivity contribution >= 4 is 55.3 Å². The van der Waals surface area contributed by atoms with Crippen LogP contribution in [-0.4, -0.2) is 0 Å². The molecule has 0 aromatic heterocycles. The number of hydrogen-bond donors (Lipinski definition) is 0. The van der Waals surface area contributed by atoms with Gasteiger partial charge in [-0.05, 0) is 56.0 Å². The Morgan fingerprint density at radius 3 is 1.39 bits per heavy atom. The third kappa shape index (κ3) is 2.71. The van der Waals surface area contributed by atoms with Crippen LogP contribution < -0.4 is 0 Å². The zero-order valence-electron chi connectivity index (χ0n) is 15.3. The molecule has 28 heavy (non-hydrogen) atoms. The van der Waals surface area contributed by atoms with Crippen LogP contribution in [0, 0.1) is 0 Å². The molecule has 0 aliphatic heterocycles. The lowest BCUT2D eigenvalue weighted by Gasteiger charge is -2.20. The van der Waals surface area contributed by atoms with Gasteiger partial charge in [0.15, 0.2) is 0 Å². The molecular weight excluding hydrogens is 376 g/mol. The molecule has 0 N–H and O–H groups in total. The average Bonchev–Trinajstić information content (AvgIpc) is 2.73. The maximum atomic E-state index is 2.38. The van der Waals surface area contributed by atoms with Gasteiger partial charge in [0.25, 0.3) is 0 Å². The third-order valence-corrected chi connectivity index (χ3v) is 8.23. The van der Waals surface area contributed by atoms with E-state index < -0.39 is 0 Å². The SMILES string of the molecule is C1=C(SSC2=Cc3cccc4cccc(c34)C2)Cc2cccc3cccc1c23. The van der Waals surface area contributed by atoms with Crippen molar-refractivity contribution in [3.05, 3.63) is 105 Å². The molecule has 0 amide bonds. The summed E-state index contributed by atoms with van der Waals surface area (Å²) < 4.78 is 0. The first kappa shape index (κ1) is 16.5. The van der Waals surface area contributed by atoms with Crippen molar-refractivity contribution in [2.75, 3.05) is 0 Å². The van der Waals surface area contributed by atoms with Gasteiger partial charge in [-0.1, -0.05) is 94.4 Å². The van der Waals surface area contributed by atoms with Gasteiger partial charge in [0.2, 0.25) is 0 Å². The summed E-state index contributed by atoms with van der Waals surface area (Å²) in [6, 6.07) is 26.6. The van der Waals surface area contributed by atoms with Crippen LogP contribution in [0.4, 0.5) is 0 Å². The van der Waals surface area contributed by atoms with Crippen LogP contribution in [-0.2, 0) is 12.8 Å². The second-order valence-corrected chi connectivity index (χ2v) is 9.85. The summed E-state index contributed by atoms with van der Waals surface area (Å²) in [4.78, 5) is 2.88. The van der Waals surface area contributed by atoms with Crippen LogP contribution in [0.1, 0.15) is 22.3 Å². The topological polar surface area (TPSA) is 0 Å². The predicted molar refractivity (Wildman–Crippen MR) is 126 cm³/mol. The molecular formula is C26H18S2. The van der Waals surface area contributed by atoms with Crippen molar-refractivity contribution in [1.82, 2.24) is 0 Å². The quantitative estimate of drug-likeness (QED) is 0.324. The molecule has 4 aromatic rings. The second-order valence-electron chi connectivity index (χ2n) is 7.47.